The lowest BCUT2D eigenvalue weighted by Crippen LogP contribution is -2.57. The van der Waals surface area contributed by atoms with Crippen LogP contribution in [0, 0.1) is 0 Å². The second-order valence-corrected chi connectivity index (χ2v) is 9.95. The molecule has 1 amide bonds. The number of thioether (sulfide) groups is 1. The van der Waals surface area contributed by atoms with Gasteiger partial charge in [-0.15, -0.1) is 0 Å². The van der Waals surface area contributed by atoms with Crippen molar-refractivity contribution in [1.29, 1.82) is 0 Å². The van der Waals surface area contributed by atoms with Crippen LogP contribution in [-0.2, 0) is 4.79 Å². The number of carbonyl (C=O) groups excluding carboxylic acids is 1. The molecule has 4 nitrogen and oxygen atoms in total. The average Bonchev–Trinajstić information content (AvgIpc) is 2.69. The zero-order valence-corrected chi connectivity index (χ0v) is 17.3. The monoisotopic (exact) mass is 402 g/mol. The third-order valence-corrected chi connectivity index (χ3v) is 7.46. The Labute approximate surface area is 169 Å². The van der Waals surface area contributed by atoms with Gasteiger partial charge in [-0.3, -0.25) is 10.0 Å². The molecule has 0 spiro atoms. The fourth-order valence-corrected chi connectivity index (χ4v) is 6.37. The summed E-state index contributed by atoms with van der Waals surface area (Å²) in [5.74, 6) is 1.71. The van der Waals surface area contributed by atoms with Crippen molar-refractivity contribution in [3.63, 3.8) is 0 Å². The Morgan fingerprint density at radius 3 is 2.26 bits per heavy atom. The van der Waals surface area contributed by atoms with Gasteiger partial charge in [0.15, 0.2) is 0 Å². The van der Waals surface area contributed by atoms with E-state index >= 15 is 0 Å². The van der Waals surface area contributed by atoms with E-state index in [9.17, 15) is 10.0 Å². The number of hydroxylamine groups is 1. The highest BCUT2D eigenvalue weighted by Crippen LogP contribution is 2.40. The highest BCUT2D eigenvalue weighted by molar-refractivity contribution is 8.01. The van der Waals surface area contributed by atoms with Gasteiger partial charge in [-0.1, -0.05) is 72.6 Å². The van der Waals surface area contributed by atoms with Crippen molar-refractivity contribution in [3.05, 3.63) is 71.8 Å². The Balaban J connectivity index is 1.81. The van der Waals surface area contributed by atoms with Gasteiger partial charge >= 0.3 is 0 Å². The third kappa shape index (κ3) is 4.88. The van der Waals surface area contributed by atoms with Crippen LogP contribution in [0.1, 0.15) is 30.9 Å². The summed E-state index contributed by atoms with van der Waals surface area (Å²) >= 11 is 3.47. The molecule has 1 atom stereocenters. The summed E-state index contributed by atoms with van der Waals surface area (Å²) in [5.41, 5.74) is 4.40. The number of rotatable bonds is 6. The molecule has 0 aromatic heterocycles. The van der Waals surface area contributed by atoms with Crippen molar-refractivity contribution < 1.29 is 10.0 Å². The predicted molar refractivity (Wildman–Crippen MR) is 114 cm³/mol. The predicted octanol–water partition coefficient (Wildman–Crippen LogP) is 4.17. The topological polar surface area (TPSA) is 52.6 Å². The minimum Gasteiger partial charge on any atom is -0.289 e. The molecular formula is C21H26N2O2S2. The van der Waals surface area contributed by atoms with E-state index in [2.05, 4.69) is 66.7 Å². The molecule has 1 unspecified atom stereocenters. The molecule has 1 aliphatic heterocycles. The lowest BCUT2D eigenvalue weighted by molar-refractivity contribution is -0.133. The molecule has 0 saturated carbocycles. The summed E-state index contributed by atoms with van der Waals surface area (Å²) in [6, 6.07) is 20.6. The summed E-state index contributed by atoms with van der Waals surface area (Å²) in [6.07, 6.45) is 0. The fraction of sp³-hybridized carbons (Fsp3) is 0.381. The SMILES string of the molecule is CC1(C)SCCN(SCC(c2ccccc2)c2ccccc2)C1C(=O)NO. The molecule has 6 heteroatoms. The minimum atomic E-state index is -0.376. The van der Waals surface area contributed by atoms with Crippen molar-refractivity contribution in [3.8, 4) is 0 Å². The molecule has 0 bridgehead atoms. The van der Waals surface area contributed by atoms with Gasteiger partial charge in [0.05, 0.1) is 0 Å². The first-order valence-corrected chi connectivity index (χ1v) is 11.0. The van der Waals surface area contributed by atoms with Gasteiger partial charge in [0.2, 0.25) is 0 Å². The average molecular weight is 403 g/mol. The maximum Gasteiger partial charge on any atom is 0.263 e. The van der Waals surface area contributed by atoms with Crippen LogP contribution >= 0.6 is 23.7 Å². The van der Waals surface area contributed by atoms with E-state index in [4.69, 9.17) is 0 Å². The van der Waals surface area contributed by atoms with Crippen LogP contribution in [0.4, 0.5) is 0 Å². The van der Waals surface area contributed by atoms with Crippen LogP contribution in [-0.4, -0.2) is 44.3 Å². The number of nitrogens with zero attached hydrogens (tertiary/aromatic N) is 1. The highest BCUT2D eigenvalue weighted by atomic mass is 32.2. The first kappa shape index (κ1) is 20.3. The molecule has 27 heavy (non-hydrogen) atoms. The van der Waals surface area contributed by atoms with Crippen LogP contribution in [0.5, 0.6) is 0 Å². The first-order chi connectivity index (χ1) is 13.0. The Hall–Kier alpha value is -1.47. The van der Waals surface area contributed by atoms with Crippen LogP contribution in [0.25, 0.3) is 0 Å². The number of hydrogen-bond acceptors (Lipinski definition) is 5. The molecule has 3 rings (SSSR count). The number of carbonyl (C=O) groups is 1. The van der Waals surface area contributed by atoms with E-state index in [1.165, 1.54) is 11.1 Å². The van der Waals surface area contributed by atoms with Crippen LogP contribution < -0.4 is 5.48 Å². The van der Waals surface area contributed by atoms with E-state index in [1.54, 1.807) is 23.7 Å². The van der Waals surface area contributed by atoms with Gasteiger partial charge in [0, 0.05) is 28.7 Å². The van der Waals surface area contributed by atoms with Crippen molar-refractivity contribution in [2.24, 2.45) is 0 Å². The van der Waals surface area contributed by atoms with Crippen LogP contribution in [0.3, 0.4) is 0 Å². The maximum atomic E-state index is 12.3. The summed E-state index contributed by atoms with van der Waals surface area (Å²) < 4.78 is 1.88. The highest BCUT2D eigenvalue weighted by Gasteiger charge is 2.43. The molecule has 0 aliphatic carbocycles. The molecule has 2 aromatic carbocycles. The molecule has 2 N–H and O–H groups in total. The smallest absolute Gasteiger partial charge is 0.263 e. The molecule has 144 valence electrons. The zero-order chi connectivity index (χ0) is 19.3. The van der Waals surface area contributed by atoms with Gasteiger partial charge in [-0.2, -0.15) is 11.8 Å². The quantitative estimate of drug-likeness (QED) is 0.431. The standard InChI is InChI=1S/C21H26N2O2S2/c1-21(2)19(20(24)22-25)23(13-14-26-21)27-15-18(16-9-5-3-6-10-16)17-11-7-4-8-12-17/h3-12,18-19,25H,13-15H2,1-2H3,(H,22,24). The second-order valence-electron chi connectivity index (χ2n) is 7.14. The molecule has 2 aromatic rings. The molecule has 0 radical (unpaired) electrons. The zero-order valence-electron chi connectivity index (χ0n) is 15.7. The second kappa shape index (κ2) is 9.15. The van der Waals surface area contributed by atoms with E-state index in [0.29, 0.717) is 0 Å². The number of benzene rings is 2. The number of amides is 1. The maximum absolute atomic E-state index is 12.3. The molecule has 1 heterocycles. The first-order valence-electron chi connectivity index (χ1n) is 9.10. The largest absolute Gasteiger partial charge is 0.289 e. The van der Waals surface area contributed by atoms with Crippen molar-refractivity contribution in [1.82, 2.24) is 9.79 Å². The van der Waals surface area contributed by atoms with Crippen LogP contribution in [0.15, 0.2) is 60.7 Å². The Bertz CT molecular complexity index is 701. The van der Waals surface area contributed by atoms with E-state index < -0.39 is 0 Å². The van der Waals surface area contributed by atoms with E-state index in [0.717, 1.165) is 18.1 Å². The van der Waals surface area contributed by atoms with Gasteiger partial charge in [-0.05, 0) is 25.0 Å². The van der Waals surface area contributed by atoms with Gasteiger partial charge in [-0.25, -0.2) is 9.79 Å². The minimum absolute atomic E-state index is 0.243. The molecule has 1 fully saturated rings. The van der Waals surface area contributed by atoms with Crippen molar-refractivity contribution in [2.45, 2.75) is 30.6 Å². The number of nitrogens with one attached hydrogen (secondary N) is 1. The van der Waals surface area contributed by atoms with E-state index in [1.807, 2.05) is 17.6 Å². The molecule has 1 aliphatic rings. The van der Waals surface area contributed by atoms with Crippen molar-refractivity contribution in [2.75, 3.05) is 18.1 Å². The summed E-state index contributed by atoms with van der Waals surface area (Å²) in [5, 5.41) is 9.23. The van der Waals surface area contributed by atoms with E-state index in [-0.39, 0.29) is 22.6 Å². The summed E-state index contributed by atoms with van der Waals surface area (Å²) in [4.78, 5) is 12.3. The number of hydrogen-bond donors (Lipinski definition) is 2. The van der Waals surface area contributed by atoms with Crippen molar-refractivity contribution >= 4 is 29.6 Å². The van der Waals surface area contributed by atoms with Crippen LogP contribution in [0.2, 0.25) is 0 Å². The Morgan fingerprint density at radius 2 is 1.74 bits per heavy atom. The van der Waals surface area contributed by atoms with Gasteiger partial charge < -0.3 is 0 Å². The normalized spacial score (nSPS) is 19.8. The summed E-state index contributed by atoms with van der Waals surface area (Å²) in [6.45, 7) is 4.94. The summed E-state index contributed by atoms with van der Waals surface area (Å²) in [7, 11) is 0. The Kier molecular flexibility index (Phi) is 6.87. The fourth-order valence-electron chi connectivity index (χ4n) is 3.53. The van der Waals surface area contributed by atoms with Gasteiger partial charge in [0.25, 0.3) is 5.91 Å². The van der Waals surface area contributed by atoms with Gasteiger partial charge in [0.1, 0.15) is 6.04 Å². The molecular weight excluding hydrogens is 376 g/mol. The lowest BCUT2D eigenvalue weighted by atomic mass is 9.93. The third-order valence-electron chi connectivity index (χ3n) is 4.90. The Morgan fingerprint density at radius 1 is 1.19 bits per heavy atom. The lowest BCUT2D eigenvalue weighted by Gasteiger charge is -2.44. The molecule has 1 saturated heterocycles.